The molecule has 0 N–H and O–H groups in total. The standard InChI is InChI=1S/C19H19IN6O/c20-17-9-5-4-8-16(17)19(27)25-12-10-24(11-13-25)14-18-21-22-23-26(18)15-6-2-1-3-7-15/h1-9H,10-14H2. The van der Waals surface area contributed by atoms with E-state index in [1.54, 1.807) is 4.68 Å². The topological polar surface area (TPSA) is 67.2 Å². The zero-order valence-corrected chi connectivity index (χ0v) is 16.9. The van der Waals surface area contributed by atoms with Crippen molar-refractivity contribution in [3.63, 3.8) is 0 Å². The minimum Gasteiger partial charge on any atom is -0.336 e. The van der Waals surface area contributed by atoms with Crippen LogP contribution in [-0.4, -0.2) is 62.1 Å². The quantitative estimate of drug-likeness (QED) is 0.543. The van der Waals surface area contributed by atoms with Gasteiger partial charge in [-0.15, -0.1) is 5.10 Å². The van der Waals surface area contributed by atoms with E-state index < -0.39 is 0 Å². The number of halogens is 1. The van der Waals surface area contributed by atoms with Crippen LogP contribution in [0.1, 0.15) is 16.2 Å². The highest BCUT2D eigenvalue weighted by molar-refractivity contribution is 14.1. The summed E-state index contributed by atoms with van der Waals surface area (Å²) in [4.78, 5) is 17.0. The highest BCUT2D eigenvalue weighted by Crippen LogP contribution is 2.16. The second-order valence-corrected chi connectivity index (χ2v) is 7.55. The molecule has 0 spiro atoms. The Balaban J connectivity index is 1.39. The van der Waals surface area contributed by atoms with E-state index in [-0.39, 0.29) is 5.91 Å². The minimum atomic E-state index is 0.105. The van der Waals surface area contributed by atoms with Crippen LogP contribution in [0, 0.1) is 3.57 Å². The average Bonchev–Trinajstić information content (AvgIpc) is 3.17. The minimum absolute atomic E-state index is 0.105. The Morgan fingerprint density at radius 1 is 0.963 bits per heavy atom. The second kappa shape index (κ2) is 8.13. The molecule has 1 amide bonds. The van der Waals surface area contributed by atoms with Crippen molar-refractivity contribution in [1.29, 1.82) is 0 Å². The molecular weight excluding hydrogens is 455 g/mol. The summed E-state index contributed by atoms with van der Waals surface area (Å²) in [5, 5.41) is 12.1. The number of amides is 1. The van der Waals surface area contributed by atoms with Crippen molar-refractivity contribution in [2.75, 3.05) is 26.2 Å². The number of aromatic nitrogens is 4. The lowest BCUT2D eigenvalue weighted by molar-refractivity contribution is 0.0623. The molecule has 4 rings (SSSR count). The fraction of sp³-hybridized carbons (Fsp3) is 0.263. The Labute approximate surface area is 171 Å². The van der Waals surface area contributed by atoms with Gasteiger partial charge in [0.05, 0.1) is 17.8 Å². The van der Waals surface area contributed by atoms with Crippen LogP contribution >= 0.6 is 22.6 Å². The maximum atomic E-state index is 12.7. The monoisotopic (exact) mass is 474 g/mol. The maximum Gasteiger partial charge on any atom is 0.255 e. The van der Waals surface area contributed by atoms with Crippen LogP contribution in [0.5, 0.6) is 0 Å². The van der Waals surface area contributed by atoms with Gasteiger partial charge < -0.3 is 4.90 Å². The molecule has 0 bridgehead atoms. The molecule has 0 saturated carbocycles. The number of piperazine rings is 1. The Kier molecular flexibility index (Phi) is 5.44. The summed E-state index contributed by atoms with van der Waals surface area (Å²) in [6.45, 7) is 3.67. The van der Waals surface area contributed by atoms with Gasteiger partial charge in [-0.1, -0.05) is 30.3 Å². The largest absolute Gasteiger partial charge is 0.336 e. The Hall–Kier alpha value is -2.33. The molecule has 2 heterocycles. The average molecular weight is 474 g/mol. The predicted octanol–water partition coefficient (Wildman–Crippen LogP) is 2.22. The molecule has 1 saturated heterocycles. The van der Waals surface area contributed by atoms with Crippen molar-refractivity contribution in [3.05, 3.63) is 69.6 Å². The third-order valence-electron chi connectivity index (χ3n) is 4.66. The summed E-state index contributed by atoms with van der Waals surface area (Å²) in [5.41, 5.74) is 1.73. The Morgan fingerprint density at radius 3 is 2.41 bits per heavy atom. The zero-order chi connectivity index (χ0) is 18.6. The molecule has 0 atom stereocenters. The van der Waals surface area contributed by atoms with Gasteiger partial charge >= 0.3 is 0 Å². The van der Waals surface area contributed by atoms with E-state index in [1.165, 1.54) is 0 Å². The number of hydrogen-bond acceptors (Lipinski definition) is 5. The van der Waals surface area contributed by atoms with Crippen LogP contribution in [0.4, 0.5) is 0 Å². The van der Waals surface area contributed by atoms with E-state index in [4.69, 9.17) is 0 Å². The first kappa shape index (κ1) is 18.1. The van der Waals surface area contributed by atoms with Crippen LogP contribution in [-0.2, 0) is 6.54 Å². The number of tetrazole rings is 1. The molecule has 0 unspecified atom stereocenters. The molecule has 2 aromatic carbocycles. The van der Waals surface area contributed by atoms with Gasteiger partial charge in [0, 0.05) is 29.7 Å². The van der Waals surface area contributed by atoms with Gasteiger partial charge in [0.25, 0.3) is 5.91 Å². The van der Waals surface area contributed by atoms with Gasteiger partial charge in [-0.2, -0.15) is 4.68 Å². The molecule has 0 aliphatic carbocycles. The lowest BCUT2D eigenvalue weighted by Crippen LogP contribution is -2.48. The van der Waals surface area contributed by atoms with E-state index >= 15 is 0 Å². The van der Waals surface area contributed by atoms with Crippen molar-refractivity contribution in [3.8, 4) is 5.69 Å². The molecule has 27 heavy (non-hydrogen) atoms. The van der Waals surface area contributed by atoms with E-state index in [9.17, 15) is 4.79 Å². The van der Waals surface area contributed by atoms with E-state index in [2.05, 4.69) is 43.0 Å². The van der Waals surface area contributed by atoms with Crippen molar-refractivity contribution in [2.24, 2.45) is 0 Å². The van der Waals surface area contributed by atoms with Gasteiger partial charge in [-0.3, -0.25) is 9.69 Å². The van der Waals surface area contributed by atoms with Gasteiger partial charge in [-0.25, -0.2) is 0 Å². The summed E-state index contributed by atoms with van der Waals surface area (Å²) >= 11 is 2.22. The number of para-hydroxylation sites is 1. The fourth-order valence-corrected chi connectivity index (χ4v) is 3.81. The highest BCUT2D eigenvalue weighted by atomic mass is 127. The van der Waals surface area contributed by atoms with Gasteiger partial charge in [-0.05, 0) is 57.3 Å². The molecule has 138 valence electrons. The van der Waals surface area contributed by atoms with Gasteiger partial charge in [0.15, 0.2) is 5.82 Å². The van der Waals surface area contributed by atoms with E-state index in [1.807, 2.05) is 59.5 Å². The normalized spacial score (nSPS) is 15.1. The highest BCUT2D eigenvalue weighted by Gasteiger charge is 2.24. The van der Waals surface area contributed by atoms with Crippen LogP contribution in [0.3, 0.4) is 0 Å². The number of carbonyl (C=O) groups is 1. The van der Waals surface area contributed by atoms with E-state index in [0.717, 1.165) is 33.7 Å². The Bertz CT molecular complexity index is 921. The summed E-state index contributed by atoms with van der Waals surface area (Å²) in [5.74, 6) is 0.910. The van der Waals surface area contributed by atoms with Crippen molar-refractivity contribution >= 4 is 28.5 Å². The maximum absolute atomic E-state index is 12.7. The predicted molar refractivity (Wildman–Crippen MR) is 109 cm³/mol. The van der Waals surface area contributed by atoms with Gasteiger partial charge in [0.1, 0.15) is 0 Å². The van der Waals surface area contributed by atoms with Crippen LogP contribution in [0.15, 0.2) is 54.6 Å². The number of nitrogens with zero attached hydrogens (tertiary/aromatic N) is 6. The number of rotatable bonds is 4. The zero-order valence-electron chi connectivity index (χ0n) is 14.7. The first-order valence-corrected chi connectivity index (χ1v) is 9.89. The molecular formula is C19H19IN6O. The van der Waals surface area contributed by atoms with E-state index in [0.29, 0.717) is 19.6 Å². The number of hydrogen-bond donors (Lipinski definition) is 0. The summed E-state index contributed by atoms with van der Waals surface area (Å²) in [7, 11) is 0. The molecule has 1 aromatic heterocycles. The first-order valence-electron chi connectivity index (χ1n) is 8.81. The van der Waals surface area contributed by atoms with Crippen molar-refractivity contribution in [2.45, 2.75) is 6.54 Å². The molecule has 1 aliphatic heterocycles. The summed E-state index contributed by atoms with van der Waals surface area (Å²) in [6, 6.07) is 17.6. The second-order valence-electron chi connectivity index (χ2n) is 6.39. The fourth-order valence-electron chi connectivity index (χ4n) is 3.19. The molecule has 1 aliphatic rings. The third-order valence-corrected chi connectivity index (χ3v) is 5.60. The smallest absolute Gasteiger partial charge is 0.255 e. The lowest BCUT2D eigenvalue weighted by atomic mass is 10.2. The molecule has 8 heteroatoms. The number of carbonyl (C=O) groups excluding carboxylic acids is 1. The molecule has 7 nitrogen and oxygen atoms in total. The Morgan fingerprint density at radius 2 is 1.67 bits per heavy atom. The number of benzene rings is 2. The van der Waals surface area contributed by atoms with Crippen LogP contribution < -0.4 is 0 Å². The van der Waals surface area contributed by atoms with Crippen molar-refractivity contribution in [1.82, 2.24) is 30.0 Å². The third kappa shape index (κ3) is 4.01. The lowest BCUT2D eigenvalue weighted by Gasteiger charge is -2.34. The molecule has 1 fully saturated rings. The van der Waals surface area contributed by atoms with Crippen LogP contribution in [0.2, 0.25) is 0 Å². The van der Waals surface area contributed by atoms with Crippen molar-refractivity contribution < 1.29 is 4.79 Å². The van der Waals surface area contributed by atoms with Crippen LogP contribution in [0.25, 0.3) is 5.69 Å². The summed E-state index contributed by atoms with van der Waals surface area (Å²) < 4.78 is 2.76. The molecule has 0 radical (unpaired) electrons. The first-order chi connectivity index (χ1) is 13.2. The van der Waals surface area contributed by atoms with Gasteiger partial charge in [0.2, 0.25) is 0 Å². The SMILES string of the molecule is O=C(c1ccccc1I)N1CCN(Cc2nnnn2-c2ccccc2)CC1. The summed E-state index contributed by atoms with van der Waals surface area (Å²) in [6.07, 6.45) is 0. The molecule has 3 aromatic rings.